The minimum Gasteiger partial charge on any atom is -0.273 e. The second-order valence-electron chi connectivity index (χ2n) is 4.24. The Morgan fingerprint density at radius 1 is 1.14 bits per heavy atom. The summed E-state index contributed by atoms with van der Waals surface area (Å²) in [7, 11) is 0. The largest absolute Gasteiger partial charge is 0.273 e. The summed E-state index contributed by atoms with van der Waals surface area (Å²) in [6.45, 7) is 0. The number of carbonyl (C=O) groups is 1. The molecule has 5 nitrogen and oxygen atoms in total. The van der Waals surface area contributed by atoms with E-state index in [0.29, 0.717) is 10.9 Å². The van der Waals surface area contributed by atoms with Crippen LogP contribution in [0.3, 0.4) is 0 Å². The van der Waals surface area contributed by atoms with E-state index in [2.05, 4.69) is 15.2 Å². The van der Waals surface area contributed by atoms with Gasteiger partial charge >= 0.3 is 0 Å². The number of nitrogens with zero attached hydrogens (tertiary/aromatic N) is 4. The van der Waals surface area contributed by atoms with Crippen molar-refractivity contribution in [1.29, 1.82) is 0 Å². The van der Waals surface area contributed by atoms with E-state index in [4.69, 9.17) is 0 Å². The molecule has 0 atom stereocenters. The molecule has 21 heavy (non-hydrogen) atoms. The van der Waals surface area contributed by atoms with Crippen molar-refractivity contribution in [2.24, 2.45) is 10.2 Å². The van der Waals surface area contributed by atoms with Crippen LogP contribution in [0.15, 0.2) is 64.9 Å². The Labute approximate surface area is 126 Å². The predicted octanol–water partition coefficient (Wildman–Crippen LogP) is 2.55. The van der Waals surface area contributed by atoms with Crippen LogP contribution in [0.1, 0.15) is 5.69 Å². The lowest BCUT2D eigenvalue weighted by atomic mass is 10.3. The molecule has 1 amide bonds. The summed E-state index contributed by atoms with van der Waals surface area (Å²) in [4.78, 5) is 17.7. The van der Waals surface area contributed by atoms with Crippen molar-refractivity contribution in [3.05, 3.63) is 60.4 Å². The van der Waals surface area contributed by atoms with Gasteiger partial charge in [-0.1, -0.05) is 36.0 Å². The monoisotopic (exact) mass is 296 g/mol. The Hall–Kier alpha value is -2.47. The van der Waals surface area contributed by atoms with Crippen LogP contribution in [0.5, 0.6) is 0 Å². The minimum absolute atomic E-state index is 0.0120. The van der Waals surface area contributed by atoms with Gasteiger partial charge in [-0.05, 0) is 24.3 Å². The fraction of sp³-hybridized carbons (Fsp3) is 0.0667. The van der Waals surface area contributed by atoms with Gasteiger partial charge in [-0.2, -0.15) is 5.10 Å². The zero-order valence-electron chi connectivity index (χ0n) is 11.1. The van der Waals surface area contributed by atoms with Crippen LogP contribution in [0.4, 0.5) is 5.69 Å². The average Bonchev–Trinajstić information content (AvgIpc) is 2.90. The van der Waals surface area contributed by atoms with Crippen molar-refractivity contribution in [1.82, 2.24) is 4.98 Å². The zero-order valence-corrected chi connectivity index (χ0v) is 11.9. The molecule has 0 unspecified atom stereocenters. The lowest BCUT2D eigenvalue weighted by molar-refractivity contribution is -0.115. The number of amidine groups is 1. The molecule has 0 spiro atoms. The molecule has 1 aromatic carbocycles. The van der Waals surface area contributed by atoms with Gasteiger partial charge < -0.3 is 0 Å². The maximum atomic E-state index is 12.0. The lowest BCUT2D eigenvalue weighted by Crippen LogP contribution is -2.28. The van der Waals surface area contributed by atoms with Gasteiger partial charge in [0.1, 0.15) is 0 Å². The number of para-hydroxylation sites is 1. The van der Waals surface area contributed by atoms with Gasteiger partial charge in [-0.15, -0.1) is 5.10 Å². The number of pyridine rings is 1. The average molecular weight is 296 g/mol. The molecule has 0 N–H and O–H groups in total. The van der Waals surface area contributed by atoms with E-state index in [9.17, 15) is 4.79 Å². The number of anilines is 1. The Morgan fingerprint density at radius 2 is 1.95 bits per heavy atom. The smallest absolute Gasteiger partial charge is 0.243 e. The van der Waals surface area contributed by atoms with Crippen LogP contribution < -0.4 is 4.90 Å². The van der Waals surface area contributed by atoms with Crippen LogP contribution in [0.2, 0.25) is 0 Å². The maximum absolute atomic E-state index is 12.0. The molecular formula is C15H12N4OS. The highest BCUT2D eigenvalue weighted by atomic mass is 32.2. The highest BCUT2D eigenvalue weighted by molar-refractivity contribution is 8.15. The van der Waals surface area contributed by atoms with Crippen molar-refractivity contribution < 1.29 is 4.79 Å². The third kappa shape index (κ3) is 3.17. The SMILES string of the molecule is O=C1CS/C(=N/N=C/c2ccccn2)N1c1ccccc1. The van der Waals surface area contributed by atoms with E-state index < -0.39 is 0 Å². The molecule has 0 saturated carbocycles. The van der Waals surface area contributed by atoms with Crippen molar-refractivity contribution in [3.63, 3.8) is 0 Å². The van der Waals surface area contributed by atoms with Crippen molar-refractivity contribution >= 4 is 34.7 Å². The van der Waals surface area contributed by atoms with Crippen LogP contribution >= 0.6 is 11.8 Å². The van der Waals surface area contributed by atoms with Crippen molar-refractivity contribution in [2.75, 3.05) is 10.7 Å². The molecule has 1 aliphatic rings. The van der Waals surface area contributed by atoms with Gasteiger partial charge in [0, 0.05) is 6.20 Å². The molecular weight excluding hydrogens is 284 g/mol. The summed E-state index contributed by atoms with van der Waals surface area (Å²) in [5, 5.41) is 8.74. The highest BCUT2D eigenvalue weighted by Gasteiger charge is 2.29. The normalized spacial score (nSPS) is 17.0. The third-order valence-corrected chi connectivity index (χ3v) is 3.71. The maximum Gasteiger partial charge on any atom is 0.243 e. The molecule has 0 aliphatic carbocycles. The molecule has 6 heteroatoms. The third-order valence-electron chi connectivity index (χ3n) is 2.80. The topological polar surface area (TPSA) is 57.9 Å². The van der Waals surface area contributed by atoms with Gasteiger partial charge in [-0.25, -0.2) is 0 Å². The first-order chi connectivity index (χ1) is 10.3. The minimum atomic E-state index is 0.0120. The summed E-state index contributed by atoms with van der Waals surface area (Å²) in [5.74, 6) is 0.394. The fourth-order valence-electron chi connectivity index (χ4n) is 1.86. The first-order valence-electron chi connectivity index (χ1n) is 6.37. The molecule has 2 heterocycles. The van der Waals surface area contributed by atoms with Gasteiger partial charge in [-0.3, -0.25) is 14.7 Å². The number of aromatic nitrogens is 1. The predicted molar refractivity (Wildman–Crippen MR) is 85.7 cm³/mol. The van der Waals surface area contributed by atoms with Crippen LogP contribution in [-0.4, -0.2) is 28.0 Å². The summed E-state index contributed by atoms with van der Waals surface area (Å²) in [6, 6.07) is 15.0. The van der Waals surface area contributed by atoms with E-state index in [1.165, 1.54) is 11.8 Å². The zero-order chi connectivity index (χ0) is 14.5. The lowest BCUT2D eigenvalue weighted by Gasteiger charge is -2.14. The summed E-state index contributed by atoms with van der Waals surface area (Å²) in [5.41, 5.74) is 1.53. The van der Waals surface area contributed by atoms with Gasteiger partial charge in [0.25, 0.3) is 0 Å². The first-order valence-corrected chi connectivity index (χ1v) is 7.36. The first kappa shape index (κ1) is 13.5. The van der Waals surface area contributed by atoms with E-state index in [0.717, 1.165) is 11.4 Å². The number of hydrogen-bond donors (Lipinski definition) is 0. The Kier molecular flexibility index (Phi) is 4.07. The van der Waals surface area contributed by atoms with E-state index in [-0.39, 0.29) is 5.91 Å². The van der Waals surface area contributed by atoms with E-state index in [1.54, 1.807) is 17.3 Å². The van der Waals surface area contributed by atoms with Gasteiger partial charge in [0.05, 0.1) is 23.3 Å². The summed E-state index contributed by atoms with van der Waals surface area (Å²) < 4.78 is 0. The van der Waals surface area contributed by atoms with Crippen LogP contribution in [-0.2, 0) is 4.79 Å². The number of amides is 1. The van der Waals surface area contributed by atoms with Gasteiger partial charge in [0.15, 0.2) is 5.17 Å². The van der Waals surface area contributed by atoms with E-state index >= 15 is 0 Å². The van der Waals surface area contributed by atoms with Crippen LogP contribution in [0, 0.1) is 0 Å². The number of carbonyl (C=O) groups excluding carboxylic acids is 1. The molecule has 104 valence electrons. The number of rotatable bonds is 3. The molecule has 3 rings (SSSR count). The molecule has 1 saturated heterocycles. The summed E-state index contributed by atoms with van der Waals surface area (Å²) in [6.07, 6.45) is 3.26. The quantitative estimate of drug-likeness (QED) is 0.646. The van der Waals surface area contributed by atoms with Crippen LogP contribution in [0.25, 0.3) is 0 Å². The van der Waals surface area contributed by atoms with Crippen molar-refractivity contribution in [2.45, 2.75) is 0 Å². The Bertz CT molecular complexity index is 685. The highest BCUT2D eigenvalue weighted by Crippen LogP contribution is 2.26. The number of hydrogen-bond acceptors (Lipinski definition) is 5. The Balaban J connectivity index is 1.82. The molecule has 1 aliphatic heterocycles. The number of benzene rings is 1. The molecule has 0 radical (unpaired) electrons. The molecule has 0 bridgehead atoms. The standard InChI is InChI=1S/C15H12N4OS/c20-14-11-21-15(19(14)13-7-2-1-3-8-13)18-17-10-12-6-4-5-9-16-12/h1-10H,11H2/b17-10+,18-15+. The molecule has 1 fully saturated rings. The van der Waals surface area contributed by atoms with Crippen molar-refractivity contribution in [3.8, 4) is 0 Å². The number of thioether (sulfide) groups is 1. The molecule has 1 aromatic heterocycles. The van der Waals surface area contributed by atoms with Gasteiger partial charge in [0.2, 0.25) is 5.91 Å². The Morgan fingerprint density at radius 3 is 2.71 bits per heavy atom. The second kappa shape index (κ2) is 6.32. The van der Waals surface area contributed by atoms with E-state index in [1.807, 2.05) is 48.5 Å². The summed E-state index contributed by atoms with van der Waals surface area (Å²) >= 11 is 1.38. The fourth-order valence-corrected chi connectivity index (χ4v) is 2.68. The second-order valence-corrected chi connectivity index (χ2v) is 5.18. The molecule has 2 aromatic rings.